The van der Waals surface area contributed by atoms with E-state index < -0.39 is 0 Å². The number of fused-ring (bicyclic) bond motifs is 10. The van der Waals surface area contributed by atoms with Crippen LogP contribution < -0.4 is 0 Å². The van der Waals surface area contributed by atoms with Crippen molar-refractivity contribution < 1.29 is 0 Å². The van der Waals surface area contributed by atoms with E-state index >= 15 is 0 Å². The highest BCUT2D eigenvalue weighted by Crippen LogP contribution is 2.34. The molecule has 36 heavy (non-hydrogen) atoms. The van der Waals surface area contributed by atoms with E-state index in [1.165, 1.54) is 43.4 Å². The predicted octanol–water partition coefficient (Wildman–Crippen LogP) is 7.09. The maximum Gasteiger partial charge on any atom is 0.0750 e. The van der Waals surface area contributed by atoms with Gasteiger partial charge in [0.05, 0.1) is 33.5 Å². The summed E-state index contributed by atoms with van der Waals surface area (Å²) in [6, 6.07) is 35.5. The molecule has 0 N–H and O–H groups in total. The summed E-state index contributed by atoms with van der Waals surface area (Å²) in [6.07, 6.45) is 1.55. The van der Waals surface area contributed by atoms with E-state index in [1.54, 1.807) is 0 Å². The Morgan fingerprint density at radius 2 is 0.833 bits per heavy atom. The molecule has 1 aliphatic rings. The fourth-order valence-electron chi connectivity index (χ4n) is 6.27. The maximum atomic E-state index is 5.12. The topological polar surface area (TPSA) is 34.6 Å². The van der Waals surface area contributed by atoms with Crippen LogP contribution in [0.4, 0.5) is 0 Å². The van der Waals surface area contributed by atoms with Gasteiger partial charge in [-0.1, -0.05) is 72.8 Å². The van der Waals surface area contributed by atoms with Crippen LogP contribution in [0, 0.1) is 0 Å². The lowest BCUT2D eigenvalue weighted by Crippen LogP contribution is -1.99. The summed E-state index contributed by atoms with van der Waals surface area (Å²) >= 11 is 0. The van der Waals surface area contributed by atoms with Crippen LogP contribution in [0.3, 0.4) is 0 Å². The average Bonchev–Trinajstić information content (AvgIpc) is 3.54. The van der Waals surface area contributed by atoms with Crippen LogP contribution in [-0.2, 0) is 12.8 Å². The lowest BCUT2D eigenvalue weighted by Gasteiger charge is -2.12. The van der Waals surface area contributed by atoms with Gasteiger partial charge in [0.1, 0.15) is 0 Å². The number of aromatic nitrogens is 4. The number of benzene rings is 4. The number of hydrogen-bond acceptors (Lipinski definition) is 2. The van der Waals surface area contributed by atoms with Crippen LogP contribution in [0.25, 0.3) is 54.4 Å². The Hall–Kier alpha value is -4.70. The molecular weight excluding hydrogens is 440 g/mol. The summed E-state index contributed by atoms with van der Waals surface area (Å²) in [5, 5.41) is 17.7. The van der Waals surface area contributed by atoms with Crippen molar-refractivity contribution in [2.24, 2.45) is 0 Å². The van der Waals surface area contributed by atoms with Gasteiger partial charge in [-0.3, -0.25) is 0 Å². The second kappa shape index (κ2) is 6.49. The van der Waals surface area contributed by atoms with Gasteiger partial charge >= 0.3 is 0 Å². The van der Waals surface area contributed by atoms with E-state index in [1.807, 2.05) is 0 Å². The molecule has 0 aliphatic carbocycles. The third kappa shape index (κ3) is 2.38. The zero-order valence-electron chi connectivity index (χ0n) is 19.4. The molecule has 0 unspecified atom stereocenters. The lowest BCUT2D eigenvalue weighted by atomic mass is 9.98. The Balaban J connectivity index is 1.45. The quantitative estimate of drug-likeness (QED) is 0.226. The summed E-state index contributed by atoms with van der Waals surface area (Å²) < 4.78 is 4.28. The molecule has 0 spiro atoms. The van der Waals surface area contributed by atoms with Crippen LogP contribution in [-0.4, -0.2) is 19.2 Å². The standard InChI is InChI=1S/C32H20N4/c1-3-7-25-23(5-1)27-11-9-19-13-20-10-12-28-24-6-2-4-8-26(24)32-18-22(34-36(32)30(28)15-20)16-21-17-31(25)35(33-21)29(27)14-19/h1-12,14-15,17-18H,13,16H2. The minimum atomic E-state index is 0.689. The smallest absolute Gasteiger partial charge is 0.0750 e. The molecule has 0 amide bonds. The van der Waals surface area contributed by atoms with Crippen molar-refractivity contribution in [2.75, 3.05) is 0 Å². The molecule has 0 atom stereocenters. The number of hydrogen-bond donors (Lipinski definition) is 0. The third-order valence-corrected chi connectivity index (χ3v) is 7.86. The molecule has 8 bridgehead atoms. The first-order valence-electron chi connectivity index (χ1n) is 12.4. The van der Waals surface area contributed by atoms with E-state index in [9.17, 15) is 0 Å². The van der Waals surface area contributed by atoms with Crippen molar-refractivity contribution in [2.45, 2.75) is 12.8 Å². The first-order valence-corrected chi connectivity index (χ1v) is 12.4. The fraction of sp³-hybridized carbons (Fsp3) is 0.0625. The van der Waals surface area contributed by atoms with Crippen molar-refractivity contribution >= 4 is 54.4 Å². The SMILES string of the molecule is c1ccc2c(c1)c1ccc3cc1n1nc(cc21)Cc1cc2c4ccccc4c4ccc(cc4n2n1)C3. The van der Waals surface area contributed by atoms with E-state index in [0.29, 0.717) is 6.42 Å². The molecule has 4 aromatic carbocycles. The predicted molar refractivity (Wildman–Crippen MR) is 146 cm³/mol. The second-order valence-electron chi connectivity index (χ2n) is 10.0. The first-order chi connectivity index (χ1) is 17.8. The van der Waals surface area contributed by atoms with Crippen LogP contribution in [0.2, 0.25) is 0 Å². The maximum absolute atomic E-state index is 5.12. The molecular formula is C32H20N4. The van der Waals surface area contributed by atoms with Gasteiger partial charge in [0.15, 0.2) is 0 Å². The van der Waals surface area contributed by atoms with Crippen molar-refractivity contribution in [1.29, 1.82) is 0 Å². The lowest BCUT2D eigenvalue weighted by molar-refractivity contribution is 0.893. The zero-order valence-corrected chi connectivity index (χ0v) is 19.4. The highest BCUT2D eigenvalue weighted by molar-refractivity contribution is 6.13. The van der Waals surface area contributed by atoms with Gasteiger partial charge in [-0.05, 0) is 52.6 Å². The van der Waals surface area contributed by atoms with Gasteiger partial charge in [0, 0.05) is 28.0 Å². The summed E-state index contributed by atoms with van der Waals surface area (Å²) in [5.74, 6) is 0. The Bertz CT molecular complexity index is 2060. The minimum Gasteiger partial charge on any atom is -0.232 e. The minimum absolute atomic E-state index is 0.689. The van der Waals surface area contributed by atoms with Gasteiger partial charge < -0.3 is 0 Å². The van der Waals surface area contributed by atoms with Gasteiger partial charge in [-0.25, -0.2) is 9.03 Å². The average molecular weight is 461 g/mol. The van der Waals surface area contributed by atoms with Crippen molar-refractivity contribution in [3.63, 3.8) is 0 Å². The molecule has 4 heteroatoms. The molecule has 8 aromatic rings. The molecule has 4 aromatic heterocycles. The Morgan fingerprint density at radius 3 is 1.33 bits per heavy atom. The summed E-state index contributed by atoms with van der Waals surface area (Å²) in [6.45, 7) is 0. The molecule has 4 nitrogen and oxygen atoms in total. The van der Waals surface area contributed by atoms with Crippen LogP contribution in [0.5, 0.6) is 0 Å². The normalized spacial score (nSPS) is 13.3. The Morgan fingerprint density at radius 1 is 0.417 bits per heavy atom. The van der Waals surface area contributed by atoms with Crippen molar-refractivity contribution in [3.8, 4) is 0 Å². The van der Waals surface area contributed by atoms with E-state index in [2.05, 4.69) is 106 Å². The number of rotatable bonds is 0. The Labute approximate surface area is 206 Å². The summed E-state index contributed by atoms with van der Waals surface area (Å²) in [7, 11) is 0. The van der Waals surface area contributed by atoms with Crippen LogP contribution in [0.15, 0.2) is 97.1 Å². The third-order valence-electron chi connectivity index (χ3n) is 7.86. The molecule has 5 heterocycles. The Kier molecular flexibility index (Phi) is 3.36. The molecule has 0 radical (unpaired) electrons. The van der Waals surface area contributed by atoms with E-state index in [0.717, 1.165) is 39.9 Å². The molecule has 168 valence electrons. The zero-order chi connectivity index (χ0) is 23.4. The van der Waals surface area contributed by atoms with Gasteiger partial charge in [0.2, 0.25) is 0 Å². The fourth-order valence-corrected chi connectivity index (χ4v) is 6.27. The summed E-state index contributed by atoms with van der Waals surface area (Å²) in [4.78, 5) is 0. The first kappa shape index (κ1) is 18.6. The number of nitrogens with zero attached hydrogens (tertiary/aromatic N) is 4. The second-order valence-corrected chi connectivity index (χ2v) is 10.0. The highest BCUT2D eigenvalue weighted by atomic mass is 15.2. The van der Waals surface area contributed by atoms with Gasteiger partial charge in [0.25, 0.3) is 0 Å². The monoisotopic (exact) mass is 460 g/mol. The molecule has 0 fully saturated rings. The molecule has 1 aliphatic heterocycles. The van der Waals surface area contributed by atoms with Crippen molar-refractivity contribution in [1.82, 2.24) is 19.2 Å². The van der Waals surface area contributed by atoms with Crippen LogP contribution in [0.1, 0.15) is 22.5 Å². The van der Waals surface area contributed by atoms with Crippen LogP contribution >= 0.6 is 0 Å². The van der Waals surface area contributed by atoms with E-state index in [4.69, 9.17) is 10.2 Å². The molecule has 0 saturated heterocycles. The highest BCUT2D eigenvalue weighted by Gasteiger charge is 2.17. The van der Waals surface area contributed by atoms with Gasteiger partial charge in [-0.15, -0.1) is 0 Å². The van der Waals surface area contributed by atoms with E-state index in [-0.39, 0.29) is 0 Å². The largest absolute Gasteiger partial charge is 0.232 e. The van der Waals surface area contributed by atoms with Crippen molar-refractivity contribution in [3.05, 3.63) is 120 Å². The number of pyridine rings is 2. The van der Waals surface area contributed by atoms with Gasteiger partial charge in [-0.2, -0.15) is 10.2 Å². The molecule has 9 rings (SSSR count). The summed E-state index contributed by atoms with van der Waals surface area (Å²) in [5.41, 5.74) is 9.25. The molecule has 0 saturated carbocycles.